The van der Waals surface area contributed by atoms with Gasteiger partial charge in [0.15, 0.2) is 0 Å². The molecule has 1 aliphatic rings. The van der Waals surface area contributed by atoms with E-state index in [9.17, 15) is 13.2 Å². The van der Waals surface area contributed by atoms with Crippen LogP contribution in [0.15, 0.2) is 0 Å². The quantitative estimate of drug-likeness (QED) is 0.729. The maximum absolute atomic E-state index is 11.8. The summed E-state index contributed by atoms with van der Waals surface area (Å²) in [5.74, 6) is -0.769. The van der Waals surface area contributed by atoms with E-state index in [4.69, 9.17) is 4.74 Å². The van der Waals surface area contributed by atoms with Crippen LogP contribution in [-0.2, 0) is 19.6 Å². The molecule has 0 aromatic rings. The highest BCUT2D eigenvalue weighted by Crippen LogP contribution is 2.15. The monoisotopic (exact) mass is 336 g/mol. The summed E-state index contributed by atoms with van der Waals surface area (Å²) in [6.07, 6.45) is 3.11. The second-order valence-corrected chi connectivity index (χ2v) is 8.36. The van der Waals surface area contributed by atoms with E-state index < -0.39 is 15.9 Å². The molecule has 6 nitrogen and oxygen atoms in total. The third-order valence-corrected chi connectivity index (χ3v) is 5.01. The third-order valence-electron chi connectivity index (χ3n) is 3.67. The van der Waals surface area contributed by atoms with Crippen molar-refractivity contribution in [1.29, 1.82) is 0 Å². The maximum atomic E-state index is 11.8. The molecule has 1 rings (SSSR count). The van der Waals surface area contributed by atoms with Gasteiger partial charge in [0.05, 0.1) is 18.0 Å². The standard InChI is InChI=1S/C15H30N2O4S.H2/c1-12(2)15(18)16-22(19,20)11-5-8-17-9-6-14(7-10-17)21-13(3)4;/h12-14H,5-11H2,1-4H3,(H,16,18);1H. The molecule has 0 saturated carbocycles. The summed E-state index contributed by atoms with van der Waals surface area (Å²) in [5, 5.41) is 0. The Morgan fingerprint density at radius 2 is 1.86 bits per heavy atom. The highest BCUT2D eigenvalue weighted by atomic mass is 32.2. The average Bonchev–Trinajstić information content (AvgIpc) is 2.39. The molecular formula is C15H32N2O4S. The molecule has 7 heteroatoms. The minimum atomic E-state index is -3.50. The molecule has 132 valence electrons. The number of likely N-dealkylation sites (tertiary alicyclic amines) is 1. The van der Waals surface area contributed by atoms with Crippen LogP contribution in [0.5, 0.6) is 0 Å². The molecule has 0 aliphatic carbocycles. The highest BCUT2D eigenvalue weighted by Gasteiger charge is 2.21. The summed E-state index contributed by atoms with van der Waals surface area (Å²) < 4.78 is 31.5. The molecule has 1 N–H and O–H groups in total. The van der Waals surface area contributed by atoms with E-state index in [-0.39, 0.29) is 19.2 Å². The van der Waals surface area contributed by atoms with Gasteiger partial charge in [0.1, 0.15) is 0 Å². The van der Waals surface area contributed by atoms with Crippen LogP contribution in [0.25, 0.3) is 0 Å². The Kier molecular flexibility index (Phi) is 7.79. The smallest absolute Gasteiger partial charge is 0.235 e. The minimum Gasteiger partial charge on any atom is -0.375 e. The lowest BCUT2D eigenvalue weighted by Gasteiger charge is -2.32. The van der Waals surface area contributed by atoms with E-state index in [1.807, 2.05) is 13.8 Å². The first-order valence-electron chi connectivity index (χ1n) is 8.11. The third kappa shape index (κ3) is 7.56. The predicted octanol–water partition coefficient (Wildman–Crippen LogP) is 1.61. The number of carbonyl (C=O) groups excluding carboxylic acids is 1. The Balaban J connectivity index is 0.00000484. The van der Waals surface area contributed by atoms with Gasteiger partial charge in [-0.25, -0.2) is 8.42 Å². The van der Waals surface area contributed by atoms with Gasteiger partial charge in [-0.15, -0.1) is 0 Å². The Morgan fingerprint density at radius 1 is 1.27 bits per heavy atom. The Bertz CT molecular complexity index is 446. The summed E-state index contributed by atoms with van der Waals surface area (Å²) >= 11 is 0. The summed E-state index contributed by atoms with van der Waals surface area (Å²) in [5.41, 5.74) is 0. The second-order valence-electron chi connectivity index (χ2n) is 6.52. The van der Waals surface area contributed by atoms with Crippen molar-refractivity contribution < 1.29 is 19.4 Å². The van der Waals surface area contributed by atoms with Gasteiger partial charge < -0.3 is 9.64 Å². The molecule has 22 heavy (non-hydrogen) atoms. The van der Waals surface area contributed by atoms with Crippen LogP contribution in [0.2, 0.25) is 0 Å². The van der Waals surface area contributed by atoms with Crippen molar-refractivity contribution in [3.8, 4) is 0 Å². The molecule has 1 fully saturated rings. The molecule has 0 bridgehead atoms. The van der Waals surface area contributed by atoms with Crippen molar-refractivity contribution in [2.24, 2.45) is 5.92 Å². The van der Waals surface area contributed by atoms with Crippen LogP contribution in [0, 0.1) is 5.92 Å². The van der Waals surface area contributed by atoms with E-state index >= 15 is 0 Å². The van der Waals surface area contributed by atoms with E-state index in [2.05, 4.69) is 9.62 Å². The van der Waals surface area contributed by atoms with Gasteiger partial charge in [0.2, 0.25) is 15.9 Å². The van der Waals surface area contributed by atoms with Crippen LogP contribution in [0.4, 0.5) is 0 Å². The fourth-order valence-electron chi connectivity index (χ4n) is 2.45. The fourth-order valence-corrected chi connectivity index (χ4v) is 3.61. The molecule has 1 heterocycles. The predicted molar refractivity (Wildman–Crippen MR) is 89.2 cm³/mol. The normalized spacial score (nSPS) is 18.1. The minimum absolute atomic E-state index is 0. The van der Waals surface area contributed by atoms with Crippen molar-refractivity contribution in [3.63, 3.8) is 0 Å². The summed E-state index contributed by atoms with van der Waals surface area (Å²) in [7, 11) is -3.50. The van der Waals surface area contributed by atoms with Gasteiger partial charge in [-0.2, -0.15) is 0 Å². The van der Waals surface area contributed by atoms with Gasteiger partial charge in [-0.05, 0) is 39.7 Å². The van der Waals surface area contributed by atoms with E-state index in [1.54, 1.807) is 13.8 Å². The molecular weight excluding hydrogens is 304 g/mol. The summed E-state index contributed by atoms with van der Waals surface area (Å²) in [6, 6.07) is 0. The number of rotatable bonds is 8. The zero-order chi connectivity index (χ0) is 16.8. The average molecular weight is 336 g/mol. The van der Waals surface area contributed by atoms with Gasteiger partial charge >= 0.3 is 0 Å². The Morgan fingerprint density at radius 3 is 2.36 bits per heavy atom. The molecule has 0 atom stereocenters. The van der Waals surface area contributed by atoms with Gasteiger partial charge in [0.25, 0.3) is 0 Å². The lowest BCUT2D eigenvalue weighted by atomic mass is 10.1. The van der Waals surface area contributed by atoms with Gasteiger partial charge in [-0.1, -0.05) is 13.8 Å². The SMILES string of the molecule is CC(C)OC1CCN(CCCS(=O)(=O)NC(=O)C(C)C)CC1.[HH]. The van der Waals surface area contributed by atoms with Crippen LogP contribution in [0.3, 0.4) is 0 Å². The largest absolute Gasteiger partial charge is 0.375 e. The van der Waals surface area contributed by atoms with Crippen LogP contribution >= 0.6 is 0 Å². The molecule has 0 radical (unpaired) electrons. The molecule has 0 aromatic carbocycles. The number of ether oxygens (including phenoxy) is 1. The molecule has 0 unspecified atom stereocenters. The zero-order valence-corrected chi connectivity index (χ0v) is 15.0. The molecule has 1 aliphatic heterocycles. The number of nitrogens with zero attached hydrogens (tertiary/aromatic N) is 1. The van der Waals surface area contributed by atoms with E-state index in [1.165, 1.54) is 0 Å². The topological polar surface area (TPSA) is 75.7 Å². The number of carbonyl (C=O) groups is 1. The Hall–Kier alpha value is -0.660. The highest BCUT2D eigenvalue weighted by molar-refractivity contribution is 7.90. The number of nitrogens with one attached hydrogen (secondary N) is 1. The van der Waals surface area contributed by atoms with Crippen molar-refractivity contribution in [2.75, 3.05) is 25.4 Å². The fraction of sp³-hybridized carbons (Fsp3) is 0.933. The summed E-state index contributed by atoms with van der Waals surface area (Å²) in [6.45, 7) is 10.1. The summed E-state index contributed by atoms with van der Waals surface area (Å²) in [4.78, 5) is 13.7. The van der Waals surface area contributed by atoms with Crippen molar-refractivity contribution in [2.45, 2.75) is 59.2 Å². The molecule has 0 aromatic heterocycles. The second kappa shape index (κ2) is 8.84. The number of sulfonamides is 1. The first kappa shape index (κ1) is 19.4. The lowest BCUT2D eigenvalue weighted by molar-refractivity contribution is -0.122. The van der Waals surface area contributed by atoms with Crippen LogP contribution in [-0.4, -0.2) is 56.8 Å². The van der Waals surface area contributed by atoms with Crippen molar-refractivity contribution in [3.05, 3.63) is 0 Å². The first-order chi connectivity index (χ1) is 10.2. The van der Waals surface area contributed by atoms with Crippen molar-refractivity contribution in [1.82, 2.24) is 9.62 Å². The zero-order valence-electron chi connectivity index (χ0n) is 14.2. The number of hydrogen-bond donors (Lipinski definition) is 1. The first-order valence-corrected chi connectivity index (χ1v) is 9.77. The number of hydrogen-bond acceptors (Lipinski definition) is 5. The van der Waals surface area contributed by atoms with Crippen molar-refractivity contribution >= 4 is 15.9 Å². The van der Waals surface area contributed by atoms with Crippen LogP contribution in [0.1, 0.15) is 48.4 Å². The molecule has 0 spiro atoms. The maximum Gasteiger partial charge on any atom is 0.235 e. The van der Waals surface area contributed by atoms with Gasteiger partial charge in [-0.3, -0.25) is 9.52 Å². The lowest BCUT2D eigenvalue weighted by Crippen LogP contribution is -2.40. The van der Waals surface area contributed by atoms with E-state index in [0.717, 1.165) is 32.5 Å². The van der Waals surface area contributed by atoms with Gasteiger partial charge in [0, 0.05) is 20.4 Å². The number of piperidine rings is 1. The number of amides is 1. The molecule has 1 saturated heterocycles. The molecule has 1 amide bonds. The van der Waals surface area contributed by atoms with E-state index in [0.29, 0.717) is 12.5 Å². The Labute approximate surface area is 136 Å². The van der Waals surface area contributed by atoms with Crippen LogP contribution < -0.4 is 4.72 Å².